The van der Waals surface area contributed by atoms with E-state index in [9.17, 15) is 5.11 Å². The van der Waals surface area contributed by atoms with E-state index < -0.39 is 0 Å². The van der Waals surface area contributed by atoms with Crippen LogP contribution in [0.1, 0.15) is 44.9 Å². The summed E-state index contributed by atoms with van der Waals surface area (Å²) in [5.74, 6) is 0. The van der Waals surface area contributed by atoms with Gasteiger partial charge in [0, 0.05) is 18.6 Å². The van der Waals surface area contributed by atoms with Gasteiger partial charge in [-0.3, -0.25) is 4.90 Å². The molecule has 0 aromatic rings. The molecule has 0 aliphatic heterocycles. The summed E-state index contributed by atoms with van der Waals surface area (Å²) < 4.78 is 0. The van der Waals surface area contributed by atoms with E-state index in [0.29, 0.717) is 12.1 Å². The Kier molecular flexibility index (Phi) is 4.00. The van der Waals surface area contributed by atoms with E-state index in [-0.39, 0.29) is 12.7 Å². The first-order valence-corrected chi connectivity index (χ1v) is 6.37. The SMILES string of the molecule is OCCN(C1CCC1)[C@@H]1CCCC[C@H]1O. The van der Waals surface area contributed by atoms with Crippen molar-refractivity contribution in [3.8, 4) is 0 Å². The molecule has 2 rings (SSSR count). The van der Waals surface area contributed by atoms with Gasteiger partial charge in [0.15, 0.2) is 0 Å². The zero-order valence-corrected chi connectivity index (χ0v) is 9.44. The summed E-state index contributed by atoms with van der Waals surface area (Å²) in [5.41, 5.74) is 0. The topological polar surface area (TPSA) is 43.7 Å². The Hall–Kier alpha value is -0.120. The average molecular weight is 213 g/mol. The van der Waals surface area contributed by atoms with Gasteiger partial charge in [0.05, 0.1) is 12.7 Å². The maximum Gasteiger partial charge on any atom is 0.0695 e. The molecule has 3 nitrogen and oxygen atoms in total. The van der Waals surface area contributed by atoms with Crippen LogP contribution in [0.2, 0.25) is 0 Å². The Balaban J connectivity index is 1.94. The molecule has 0 amide bonds. The molecule has 2 aliphatic rings. The van der Waals surface area contributed by atoms with E-state index in [2.05, 4.69) is 4.90 Å². The predicted octanol–water partition coefficient (Wildman–Crippen LogP) is 1.14. The zero-order chi connectivity index (χ0) is 10.7. The molecule has 2 fully saturated rings. The second kappa shape index (κ2) is 5.28. The molecule has 15 heavy (non-hydrogen) atoms. The molecule has 0 bridgehead atoms. The van der Waals surface area contributed by atoms with Gasteiger partial charge >= 0.3 is 0 Å². The lowest BCUT2D eigenvalue weighted by Crippen LogP contribution is -2.53. The van der Waals surface area contributed by atoms with Crippen molar-refractivity contribution in [2.24, 2.45) is 0 Å². The summed E-state index contributed by atoms with van der Waals surface area (Å²) in [6.45, 7) is 0.964. The number of aliphatic hydroxyl groups excluding tert-OH is 2. The number of hydrogen-bond donors (Lipinski definition) is 2. The van der Waals surface area contributed by atoms with Crippen LogP contribution in [0.15, 0.2) is 0 Å². The molecule has 2 aliphatic carbocycles. The molecule has 0 spiro atoms. The molecule has 0 aromatic carbocycles. The Morgan fingerprint density at radius 3 is 2.27 bits per heavy atom. The molecule has 0 aromatic heterocycles. The van der Waals surface area contributed by atoms with Crippen molar-refractivity contribution in [2.45, 2.75) is 63.1 Å². The van der Waals surface area contributed by atoms with Crippen LogP contribution < -0.4 is 0 Å². The van der Waals surface area contributed by atoms with Gasteiger partial charge in [-0.25, -0.2) is 0 Å². The van der Waals surface area contributed by atoms with Crippen LogP contribution in [0.25, 0.3) is 0 Å². The number of nitrogens with zero attached hydrogens (tertiary/aromatic N) is 1. The maximum atomic E-state index is 10.0. The van der Waals surface area contributed by atoms with Crippen molar-refractivity contribution in [1.82, 2.24) is 4.90 Å². The highest BCUT2D eigenvalue weighted by molar-refractivity contribution is 4.90. The second-order valence-electron chi connectivity index (χ2n) is 4.97. The minimum Gasteiger partial charge on any atom is -0.395 e. The number of aliphatic hydroxyl groups is 2. The third-order valence-corrected chi connectivity index (χ3v) is 4.02. The van der Waals surface area contributed by atoms with Crippen molar-refractivity contribution in [3.63, 3.8) is 0 Å². The van der Waals surface area contributed by atoms with Gasteiger partial charge < -0.3 is 10.2 Å². The molecule has 2 N–H and O–H groups in total. The lowest BCUT2D eigenvalue weighted by atomic mass is 9.85. The minimum atomic E-state index is -0.161. The van der Waals surface area contributed by atoms with Crippen LogP contribution in [-0.2, 0) is 0 Å². The smallest absolute Gasteiger partial charge is 0.0695 e. The van der Waals surface area contributed by atoms with E-state index in [4.69, 9.17) is 5.11 Å². The predicted molar refractivity (Wildman–Crippen MR) is 59.7 cm³/mol. The summed E-state index contributed by atoms with van der Waals surface area (Å²) in [6.07, 6.45) is 8.11. The van der Waals surface area contributed by atoms with E-state index in [1.54, 1.807) is 0 Å². The lowest BCUT2D eigenvalue weighted by molar-refractivity contribution is -0.0269. The van der Waals surface area contributed by atoms with Crippen LogP contribution in [0.3, 0.4) is 0 Å². The fourth-order valence-corrected chi connectivity index (χ4v) is 2.93. The van der Waals surface area contributed by atoms with Gasteiger partial charge in [0.25, 0.3) is 0 Å². The van der Waals surface area contributed by atoms with E-state index >= 15 is 0 Å². The van der Waals surface area contributed by atoms with Gasteiger partial charge in [-0.1, -0.05) is 19.3 Å². The molecule has 2 atom stereocenters. The Morgan fingerprint density at radius 2 is 1.73 bits per heavy atom. The van der Waals surface area contributed by atoms with E-state index in [1.165, 1.54) is 25.7 Å². The largest absolute Gasteiger partial charge is 0.395 e. The van der Waals surface area contributed by atoms with Crippen LogP contribution in [0.5, 0.6) is 0 Å². The molecule has 0 heterocycles. The average Bonchev–Trinajstić information content (AvgIpc) is 2.15. The molecule has 88 valence electrons. The van der Waals surface area contributed by atoms with Crippen molar-refractivity contribution in [3.05, 3.63) is 0 Å². The van der Waals surface area contributed by atoms with Crippen molar-refractivity contribution < 1.29 is 10.2 Å². The molecule has 0 unspecified atom stereocenters. The highest BCUT2D eigenvalue weighted by Gasteiger charge is 2.34. The first-order valence-electron chi connectivity index (χ1n) is 6.37. The second-order valence-corrected chi connectivity index (χ2v) is 4.97. The molecule has 0 radical (unpaired) electrons. The van der Waals surface area contributed by atoms with Crippen molar-refractivity contribution >= 4 is 0 Å². The summed E-state index contributed by atoms with van der Waals surface area (Å²) in [7, 11) is 0. The summed E-state index contributed by atoms with van der Waals surface area (Å²) >= 11 is 0. The van der Waals surface area contributed by atoms with Gasteiger partial charge in [-0.2, -0.15) is 0 Å². The van der Waals surface area contributed by atoms with Crippen LogP contribution in [0.4, 0.5) is 0 Å². The first-order chi connectivity index (χ1) is 7.33. The van der Waals surface area contributed by atoms with Crippen molar-refractivity contribution in [2.75, 3.05) is 13.2 Å². The molecule has 0 saturated heterocycles. The fraction of sp³-hybridized carbons (Fsp3) is 1.00. The summed E-state index contributed by atoms with van der Waals surface area (Å²) in [6, 6.07) is 0.950. The van der Waals surface area contributed by atoms with Crippen LogP contribution in [-0.4, -0.2) is 46.5 Å². The summed E-state index contributed by atoms with van der Waals surface area (Å²) in [5, 5.41) is 19.1. The molecule has 3 heteroatoms. The maximum absolute atomic E-state index is 10.0. The Morgan fingerprint density at radius 1 is 1.00 bits per heavy atom. The van der Waals surface area contributed by atoms with Crippen molar-refractivity contribution in [1.29, 1.82) is 0 Å². The molecular weight excluding hydrogens is 190 g/mol. The normalized spacial score (nSPS) is 33.0. The van der Waals surface area contributed by atoms with E-state index in [0.717, 1.165) is 25.8 Å². The number of rotatable bonds is 4. The highest BCUT2D eigenvalue weighted by Crippen LogP contribution is 2.31. The first kappa shape index (κ1) is 11.4. The highest BCUT2D eigenvalue weighted by atomic mass is 16.3. The molecular formula is C12H23NO2. The minimum absolute atomic E-state index is 0.161. The fourth-order valence-electron chi connectivity index (χ4n) is 2.93. The van der Waals surface area contributed by atoms with Crippen LogP contribution >= 0.6 is 0 Å². The quantitative estimate of drug-likeness (QED) is 0.736. The Bertz CT molecular complexity index is 194. The monoisotopic (exact) mass is 213 g/mol. The van der Waals surface area contributed by atoms with E-state index in [1.807, 2.05) is 0 Å². The molecule has 2 saturated carbocycles. The summed E-state index contributed by atoms with van der Waals surface area (Å²) in [4.78, 5) is 2.37. The van der Waals surface area contributed by atoms with Gasteiger partial charge in [-0.15, -0.1) is 0 Å². The standard InChI is InChI=1S/C12H23NO2/c14-9-8-13(10-4-3-5-10)11-6-1-2-7-12(11)15/h10-12,14-15H,1-9H2/t11-,12-/m1/s1. The number of hydrogen-bond acceptors (Lipinski definition) is 3. The van der Waals surface area contributed by atoms with Crippen LogP contribution in [0, 0.1) is 0 Å². The zero-order valence-electron chi connectivity index (χ0n) is 9.44. The third-order valence-electron chi connectivity index (χ3n) is 4.02. The van der Waals surface area contributed by atoms with Gasteiger partial charge in [-0.05, 0) is 25.7 Å². The lowest BCUT2D eigenvalue weighted by Gasteiger charge is -2.45. The van der Waals surface area contributed by atoms with Gasteiger partial charge in [0.1, 0.15) is 0 Å². The Labute approximate surface area is 92.1 Å². The van der Waals surface area contributed by atoms with Gasteiger partial charge in [0.2, 0.25) is 0 Å². The third kappa shape index (κ3) is 2.52.